The molecule has 0 atom stereocenters. The first-order valence-electron chi connectivity index (χ1n) is 7.03. The lowest BCUT2D eigenvalue weighted by Crippen LogP contribution is -2.10. The summed E-state index contributed by atoms with van der Waals surface area (Å²) in [6.45, 7) is 6.24. The topological polar surface area (TPSA) is 85.5 Å². The molecule has 0 saturated heterocycles. The highest BCUT2D eigenvalue weighted by Crippen LogP contribution is 2.42. The predicted octanol–water partition coefficient (Wildman–Crippen LogP) is 3.75. The Hall–Kier alpha value is -2.11. The van der Waals surface area contributed by atoms with Crippen molar-refractivity contribution in [3.63, 3.8) is 0 Å². The molecule has 0 bridgehead atoms. The first-order chi connectivity index (χ1) is 9.83. The lowest BCUT2D eigenvalue weighted by atomic mass is 9.89. The Morgan fingerprint density at radius 2 is 2.19 bits per heavy atom. The summed E-state index contributed by atoms with van der Waals surface area (Å²) in [5.74, 6) is 0.650. The van der Waals surface area contributed by atoms with E-state index in [1.807, 2.05) is 0 Å². The molecule has 2 aromatic heterocycles. The molecule has 1 saturated carbocycles. The van der Waals surface area contributed by atoms with E-state index >= 15 is 0 Å². The zero-order chi connectivity index (χ0) is 15.2. The van der Waals surface area contributed by atoms with Crippen LogP contribution >= 0.6 is 0 Å². The number of aromatic nitrogens is 2. The van der Waals surface area contributed by atoms with Gasteiger partial charge in [-0.15, -0.1) is 0 Å². The maximum Gasteiger partial charge on any atom is 0.511 e. The van der Waals surface area contributed by atoms with Gasteiger partial charge in [-0.05, 0) is 24.7 Å². The van der Waals surface area contributed by atoms with Crippen molar-refractivity contribution < 1.29 is 19.2 Å². The fourth-order valence-corrected chi connectivity index (χ4v) is 2.38. The monoisotopic (exact) mass is 290 g/mol. The Labute approximate surface area is 122 Å². The van der Waals surface area contributed by atoms with Gasteiger partial charge in [0.1, 0.15) is 5.39 Å². The molecule has 6 nitrogen and oxygen atoms in total. The van der Waals surface area contributed by atoms with Crippen molar-refractivity contribution in [2.75, 3.05) is 0 Å². The van der Waals surface area contributed by atoms with Crippen LogP contribution in [0.2, 0.25) is 0 Å². The molecule has 0 unspecified atom stereocenters. The SMILES string of the molecule is CC(C)(C)Cc1noc2nc(C3CC3)cc(OC(=O)O)c12. The molecule has 1 N–H and O–H groups in total. The molecule has 3 rings (SSSR count). The van der Waals surface area contributed by atoms with E-state index in [-0.39, 0.29) is 11.2 Å². The zero-order valence-electron chi connectivity index (χ0n) is 12.3. The van der Waals surface area contributed by atoms with Crippen molar-refractivity contribution in [2.24, 2.45) is 5.41 Å². The van der Waals surface area contributed by atoms with Crippen LogP contribution in [-0.4, -0.2) is 21.4 Å². The smallest absolute Gasteiger partial charge is 0.449 e. The minimum atomic E-state index is -1.34. The van der Waals surface area contributed by atoms with E-state index < -0.39 is 6.16 Å². The number of rotatable bonds is 3. The average molecular weight is 290 g/mol. The van der Waals surface area contributed by atoms with Crippen LogP contribution in [0.4, 0.5) is 4.79 Å². The van der Waals surface area contributed by atoms with Gasteiger partial charge < -0.3 is 14.4 Å². The molecule has 2 heterocycles. The van der Waals surface area contributed by atoms with Crippen LogP contribution < -0.4 is 4.74 Å². The second-order valence-corrected chi connectivity index (χ2v) is 6.73. The van der Waals surface area contributed by atoms with Crippen LogP contribution in [0.5, 0.6) is 5.75 Å². The first-order valence-corrected chi connectivity index (χ1v) is 7.03. The highest BCUT2D eigenvalue weighted by atomic mass is 16.7. The number of fused-ring (bicyclic) bond motifs is 1. The summed E-state index contributed by atoms with van der Waals surface area (Å²) in [4.78, 5) is 15.4. The van der Waals surface area contributed by atoms with Gasteiger partial charge in [0.25, 0.3) is 5.71 Å². The number of ether oxygens (including phenoxy) is 1. The van der Waals surface area contributed by atoms with Crippen molar-refractivity contribution in [1.29, 1.82) is 0 Å². The van der Waals surface area contributed by atoms with Crippen LogP contribution in [0.1, 0.15) is 50.9 Å². The third kappa shape index (κ3) is 2.99. The first kappa shape index (κ1) is 13.9. The third-order valence-electron chi connectivity index (χ3n) is 3.39. The molecule has 0 aromatic carbocycles. The van der Waals surface area contributed by atoms with E-state index in [1.54, 1.807) is 6.07 Å². The summed E-state index contributed by atoms with van der Waals surface area (Å²) in [6, 6.07) is 1.71. The van der Waals surface area contributed by atoms with Crippen molar-refractivity contribution in [2.45, 2.75) is 46.0 Å². The molecule has 1 fully saturated rings. The van der Waals surface area contributed by atoms with Crippen LogP contribution in [0.3, 0.4) is 0 Å². The molecule has 0 spiro atoms. The molecule has 1 aliphatic carbocycles. The summed E-state index contributed by atoms with van der Waals surface area (Å²) in [6.07, 6.45) is 1.44. The Balaban J connectivity index is 2.11. The molecule has 21 heavy (non-hydrogen) atoms. The lowest BCUT2D eigenvalue weighted by molar-refractivity contribution is 0.145. The Kier molecular flexibility index (Phi) is 3.11. The standard InChI is InChI=1S/C15H18N2O4/c1-15(2,3)7-10-12-11(20-14(18)19)6-9(8-4-5-8)16-13(12)21-17-10/h6,8H,4-5,7H2,1-3H3,(H,18,19). The zero-order valence-corrected chi connectivity index (χ0v) is 12.3. The van der Waals surface area contributed by atoms with Crippen molar-refractivity contribution >= 4 is 17.3 Å². The number of pyridine rings is 1. The molecule has 6 heteroatoms. The van der Waals surface area contributed by atoms with Gasteiger partial charge in [0.2, 0.25) is 0 Å². The number of nitrogens with zero attached hydrogens (tertiary/aromatic N) is 2. The maximum absolute atomic E-state index is 10.9. The molecule has 2 aromatic rings. The third-order valence-corrected chi connectivity index (χ3v) is 3.39. The summed E-state index contributed by atoms with van der Waals surface area (Å²) < 4.78 is 10.2. The number of hydrogen-bond acceptors (Lipinski definition) is 5. The van der Waals surface area contributed by atoms with E-state index in [9.17, 15) is 4.79 Å². The molecule has 1 aliphatic rings. The summed E-state index contributed by atoms with van der Waals surface area (Å²) >= 11 is 0. The number of carboxylic acid groups (broad SMARTS) is 1. The Morgan fingerprint density at radius 1 is 1.48 bits per heavy atom. The van der Waals surface area contributed by atoms with Crippen LogP contribution in [0.15, 0.2) is 10.6 Å². The van der Waals surface area contributed by atoms with Crippen molar-refractivity contribution in [3.05, 3.63) is 17.5 Å². The van der Waals surface area contributed by atoms with Gasteiger partial charge in [-0.3, -0.25) is 0 Å². The second kappa shape index (κ2) is 4.72. The second-order valence-electron chi connectivity index (χ2n) is 6.73. The normalized spacial score (nSPS) is 15.4. The molecule has 112 valence electrons. The summed E-state index contributed by atoms with van der Waals surface area (Å²) in [5, 5.41) is 13.6. The van der Waals surface area contributed by atoms with Gasteiger partial charge in [0, 0.05) is 12.0 Å². The van der Waals surface area contributed by atoms with Crippen LogP contribution in [0, 0.1) is 5.41 Å². The van der Waals surface area contributed by atoms with E-state index in [4.69, 9.17) is 14.4 Å². The summed E-state index contributed by atoms with van der Waals surface area (Å²) in [7, 11) is 0. The van der Waals surface area contributed by atoms with E-state index in [0.717, 1.165) is 18.5 Å². The molecule has 0 amide bonds. The fraction of sp³-hybridized carbons (Fsp3) is 0.533. The average Bonchev–Trinajstić information content (AvgIpc) is 3.11. The van der Waals surface area contributed by atoms with Gasteiger partial charge in [-0.25, -0.2) is 9.78 Å². The Morgan fingerprint density at radius 3 is 2.76 bits per heavy atom. The molecular formula is C15H18N2O4. The van der Waals surface area contributed by atoms with Crippen molar-refractivity contribution in [3.8, 4) is 5.75 Å². The van der Waals surface area contributed by atoms with Gasteiger partial charge in [0.15, 0.2) is 5.75 Å². The quantitative estimate of drug-likeness (QED) is 0.866. The van der Waals surface area contributed by atoms with Gasteiger partial charge in [-0.2, -0.15) is 0 Å². The lowest BCUT2D eigenvalue weighted by Gasteiger charge is -2.16. The van der Waals surface area contributed by atoms with E-state index in [0.29, 0.717) is 29.1 Å². The minimum absolute atomic E-state index is 0.000535. The largest absolute Gasteiger partial charge is 0.511 e. The Bertz CT molecular complexity index is 695. The molecular weight excluding hydrogens is 272 g/mol. The molecule has 0 aliphatic heterocycles. The van der Waals surface area contributed by atoms with E-state index in [2.05, 4.69) is 30.9 Å². The predicted molar refractivity (Wildman–Crippen MR) is 75.6 cm³/mol. The van der Waals surface area contributed by atoms with Gasteiger partial charge in [-0.1, -0.05) is 25.9 Å². The fourth-order valence-electron chi connectivity index (χ4n) is 2.38. The molecule has 0 radical (unpaired) electrons. The number of hydrogen-bond donors (Lipinski definition) is 1. The van der Waals surface area contributed by atoms with Crippen LogP contribution in [0.25, 0.3) is 11.1 Å². The van der Waals surface area contributed by atoms with Gasteiger partial charge >= 0.3 is 6.16 Å². The highest BCUT2D eigenvalue weighted by Gasteiger charge is 2.29. The summed E-state index contributed by atoms with van der Waals surface area (Å²) in [5.41, 5.74) is 1.86. The maximum atomic E-state index is 10.9. The van der Waals surface area contributed by atoms with Crippen molar-refractivity contribution in [1.82, 2.24) is 10.1 Å². The number of carbonyl (C=O) groups is 1. The highest BCUT2D eigenvalue weighted by molar-refractivity contribution is 5.85. The van der Waals surface area contributed by atoms with Crippen LogP contribution in [-0.2, 0) is 6.42 Å². The van der Waals surface area contributed by atoms with Gasteiger partial charge in [0.05, 0.1) is 11.4 Å². The minimum Gasteiger partial charge on any atom is -0.449 e. The van der Waals surface area contributed by atoms with E-state index in [1.165, 1.54) is 0 Å².